The highest BCUT2D eigenvalue weighted by Gasteiger charge is 2.35. The highest BCUT2D eigenvalue weighted by molar-refractivity contribution is 7.92. The van der Waals surface area contributed by atoms with E-state index in [4.69, 9.17) is 5.73 Å². The third kappa shape index (κ3) is 4.30. The van der Waals surface area contributed by atoms with E-state index in [0.717, 1.165) is 5.56 Å². The molecule has 1 amide bonds. The van der Waals surface area contributed by atoms with E-state index >= 15 is 0 Å². The van der Waals surface area contributed by atoms with Crippen LogP contribution in [-0.4, -0.2) is 49.9 Å². The van der Waals surface area contributed by atoms with Gasteiger partial charge in [0.05, 0.1) is 5.75 Å². The monoisotopic (exact) mass is 324 g/mol. The molecule has 1 aromatic rings. The van der Waals surface area contributed by atoms with Gasteiger partial charge in [0.2, 0.25) is 5.91 Å². The lowest BCUT2D eigenvalue weighted by atomic mass is 9.95. The van der Waals surface area contributed by atoms with Crippen LogP contribution in [0.15, 0.2) is 30.3 Å². The number of hydrogen-bond acceptors (Lipinski definition) is 4. The van der Waals surface area contributed by atoms with Crippen molar-refractivity contribution < 1.29 is 13.2 Å². The molecule has 1 aromatic carbocycles. The molecule has 2 atom stereocenters. The van der Waals surface area contributed by atoms with Gasteiger partial charge in [-0.25, -0.2) is 8.42 Å². The Balaban J connectivity index is 2.01. The lowest BCUT2D eigenvalue weighted by Crippen LogP contribution is -2.36. The standard InChI is InChI=1S/C16H24N2O3S/c1-12(2)10-22(20,21)11-16(19)18-8-14(15(17)9-18)13-6-4-3-5-7-13/h3-7,12,14-15H,8-11,17H2,1-2H3/t14-,15+/m0/s1. The molecule has 1 aliphatic rings. The summed E-state index contributed by atoms with van der Waals surface area (Å²) in [5.41, 5.74) is 7.23. The summed E-state index contributed by atoms with van der Waals surface area (Å²) in [4.78, 5) is 13.8. The summed E-state index contributed by atoms with van der Waals surface area (Å²) >= 11 is 0. The minimum atomic E-state index is -3.35. The van der Waals surface area contributed by atoms with E-state index in [9.17, 15) is 13.2 Å². The molecule has 0 saturated carbocycles. The van der Waals surface area contributed by atoms with Crippen molar-refractivity contribution in [3.8, 4) is 0 Å². The number of likely N-dealkylation sites (tertiary alicyclic amines) is 1. The van der Waals surface area contributed by atoms with Crippen LogP contribution in [0.25, 0.3) is 0 Å². The Labute approximate surface area is 132 Å². The van der Waals surface area contributed by atoms with Crippen LogP contribution in [0.5, 0.6) is 0 Å². The van der Waals surface area contributed by atoms with Crippen LogP contribution in [0.3, 0.4) is 0 Å². The molecule has 2 rings (SSSR count). The third-order valence-electron chi connectivity index (χ3n) is 3.88. The molecule has 1 fully saturated rings. The van der Waals surface area contributed by atoms with Crippen molar-refractivity contribution in [1.82, 2.24) is 4.90 Å². The summed E-state index contributed by atoms with van der Waals surface area (Å²) < 4.78 is 23.9. The minimum absolute atomic E-state index is 0.0238. The number of nitrogens with zero attached hydrogens (tertiary/aromatic N) is 1. The maximum absolute atomic E-state index is 12.3. The van der Waals surface area contributed by atoms with Crippen molar-refractivity contribution in [2.75, 3.05) is 24.6 Å². The van der Waals surface area contributed by atoms with Crippen molar-refractivity contribution >= 4 is 15.7 Å². The molecule has 1 aliphatic heterocycles. The van der Waals surface area contributed by atoms with Crippen molar-refractivity contribution in [3.63, 3.8) is 0 Å². The second kappa shape index (κ2) is 6.79. The van der Waals surface area contributed by atoms with Gasteiger partial charge in [-0.2, -0.15) is 0 Å². The topological polar surface area (TPSA) is 80.5 Å². The predicted molar refractivity (Wildman–Crippen MR) is 87.2 cm³/mol. The average molecular weight is 324 g/mol. The number of carbonyl (C=O) groups is 1. The molecule has 122 valence electrons. The predicted octanol–water partition coefficient (Wildman–Crippen LogP) is 1.01. The Morgan fingerprint density at radius 3 is 2.50 bits per heavy atom. The van der Waals surface area contributed by atoms with Crippen LogP contribution >= 0.6 is 0 Å². The molecular weight excluding hydrogens is 300 g/mol. The van der Waals surface area contributed by atoms with E-state index in [2.05, 4.69) is 0 Å². The smallest absolute Gasteiger partial charge is 0.237 e. The van der Waals surface area contributed by atoms with E-state index < -0.39 is 15.6 Å². The Kier molecular flexibility index (Phi) is 5.24. The zero-order valence-corrected chi connectivity index (χ0v) is 13.9. The molecular formula is C16H24N2O3S. The van der Waals surface area contributed by atoms with Gasteiger partial charge in [-0.1, -0.05) is 44.2 Å². The summed E-state index contributed by atoms with van der Waals surface area (Å²) in [6.07, 6.45) is 0. The van der Waals surface area contributed by atoms with Gasteiger partial charge in [0.25, 0.3) is 0 Å². The zero-order chi connectivity index (χ0) is 16.3. The fourth-order valence-electron chi connectivity index (χ4n) is 2.93. The SMILES string of the molecule is CC(C)CS(=O)(=O)CC(=O)N1C[C@@H](N)[C@H](c2ccccc2)C1. The first-order valence-electron chi connectivity index (χ1n) is 7.57. The summed E-state index contributed by atoms with van der Waals surface area (Å²) in [6.45, 7) is 4.56. The molecule has 2 N–H and O–H groups in total. The molecule has 1 heterocycles. The molecule has 0 bridgehead atoms. The maximum Gasteiger partial charge on any atom is 0.237 e. The number of nitrogens with two attached hydrogens (primary N) is 1. The van der Waals surface area contributed by atoms with Gasteiger partial charge in [-0.05, 0) is 11.5 Å². The Morgan fingerprint density at radius 1 is 1.27 bits per heavy atom. The van der Waals surface area contributed by atoms with Gasteiger partial charge in [-0.15, -0.1) is 0 Å². The number of carbonyl (C=O) groups excluding carboxylic acids is 1. The van der Waals surface area contributed by atoms with Crippen molar-refractivity contribution in [2.45, 2.75) is 25.8 Å². The Hall–Kier alpha value is -1.40. The number of amides is 1. The lowest BCUT2D eigenvalue weighted by Gasteiger charge is -2.17. The van der Waals surface area contributed by atoms with E-state index in [0.29, 0.717) is 13.1 Å². The molecule has 1 saturated heterocycles. The van der Waals surface area contributed by atoms with Crippen LogP contribution in [-0.2, 0) is 14.6 Å². The van der Waals surface area contributed by atoms with Crippen LogP contribution < -0.4 is 5.73 Å². The molecule has 0 aromatic heterocycles. The van der Waals surface area contributed by atoms with Crippen molar-refractivity contribution in [3.05, 3.63) is 35.9 Å². The fraction of sp³-hybridized carbons (Fsp3) is 0.562. The highest BCUT2D eigenvalue weighted by Crippen LogP contribution is 2.26. The molecule has 0 aliphatic carbocycles. The number of benzene rings is 1. The minimum Gasteiger partial charge on any atom is -0.340 e. The molecule has 0 unspecified atom stereocenters. The molecule has 0 radical (unpaired) electrons. The number of hydrogen-bond donors (Lipinski definition) is 1. The normalized spacial score (nSPS) is 22.3. The van der Waals surface area contributed by atoms with Gasteiger partial charge in [0.1, 0.15) is 5.75 Å². The summed E-state index contributed by atoms with van der Waals surface area (Å²) in [5, 5.41) is 0. The largest absolute Gasteiger partial charge is 0.340 e. The summed E-state index contributed by atoms with van der Waals surface area (Å²) in [6, 6.07) is 9.66. The Morgan fingerprint density at radius 2 is 1.91 bits per heavy atom. The fourth-order valence-corrected chi connectivity index (χ4v) is 4.62. The van der Waals surface area contributed by atoms with Crippen LogP contribution in [0, 0.1) is 5.92 Å². The van der Waals surface area contributed by atoms with E-state index in [1.807, 2.05) is 44.2 Å². The molecule has 0 spiro atoms. The van der Waals surface area contributed by atoms with Gasteiger partial charge < -0.3 is 10.6 Å². The van der Waals surface area contributed by atoms with Gasteiger partial charge >= 0.3 is 0 Å². The van der Waals surface area contributed by atoms with Crippen LogP contribution in [0.1, 0.15) is 25.3 Å². The lowest BCUT2D eigenvalue weighted by molar-refractivity contribution is -0.127. The highest BCUT2D eigenvalue weighted by atomic mass is 32.2. The maximum atomic E-state index is 12.3. The first-order chi connectivity index (χ1) is 10.3. The second-order valence-electron chi connectivity index (χ2n) is 6.43. The van der Waals surface area contributed by atoms with Gasteiger partial charge in [-0.3, -0.25) is 4.79 Å². The number of sulfone groups is 1. The first-order valence-corrected chi connectivity index (χ1v) is 9.39. The van der Waals surface area contributed by atoms with Crippen LogP contribution in [0.2, 0.25) is 0 Å². The third-order valence-corrected chi connectivity index (χ3v) is 5.74. The molecule has 6 heteroatoms. The summed E-state index contributed by atoms with van der Waals surface area (Å²) in [7, 11) is -3.35. The molecule has 5 nitrogen and oxygen atoms in total. The van der Waals surface area contributed by atoms with E-state index in [1.54, 1.807) is 4.90 Å². The van der Waals surface area contributed by atoms with Gasteiger partial charge in [0, 0.05) is 25.0 Å². The van der Waals surface area contributed by atoms with Crippen molar-refractivity contribution in [1.29, 1.82) is 0 Å². The number of rotatable bonds is 5. The molecule has 22 heavy (non-hydrogen) atoms. The Bertz CT molecular complexity index is 614. The summed E-state index contributed by atoms with van der Waals surface area (Å²) in [5.74, 6) is -0.622. The quantitative estimate of drug-likeness (QED) is 0.876. The average Bonchev–Trinajstić information content (AvgIpc) is 2.80. The van der Waals surface area contributed by atoms with E-state index in [1.165, 1.54) is 0 Å². The first kappa shape index (κ1) is 17.0. The van der Waals surface area contributed by atoms with Crippen LogP contribution in [0.4, 0.5) is 0 Å². The van der Waals surface area contributed by atoms with Crippen molar-refractivity contribution in [2.24, 2.45) is 11.7 Å². The second-order valence-corrected chi connectivity index (χ2v) is 8.54. The van der Waals surface area contributed by atoms with Gasteiger partial charge in [0.15, 0.2) is 9.84 Å². The van der Waals surface area contributed by atoms with E-state index in [-0.39, 0.29) is 29.5 Å². The zero-order valence-electron chi connectivity index (χ0n) is 13.1.